The lowest BCUT2D eigenvalue weighted by molar-refractivity contribution is -0.263. The Morgan fingerprint density at radius 3 is 2.72 bits per heavy atom. The Bertz CT molecular complexity index is 431. The molecule has 2 N–H and O–H groups in total. The molecule has 2 unspecified atom stereocenters. The molecule has 104 valence electrons. The maximum atomic E-state index is 10.6. The summed E-state index contributed by atoms with van der Waals surface area (Å²) in [5.74, 6) is -1.32. The van der Waals surface area contributed by atoms with Crippen molar-refractivity contribution in [3.05, 3.63) is 34.9 Å². The fourth-order valence-corrected chi connectivity index (χ4v) is 2.38. The summed E-state index contributed by atoms with van der Waals surface area (Å²) in [4.78, 5) is 0. The van der Waals surface area contributed by atoms with Gasteiger partial charge in [-0.25, -0.2) is 0 Å². The van der Waals surface area contributed by atoms with E-state index in [2.05, 4.69) is 5.32 Å². The van der Waals surface area contributed by atoms with Crippen LogP contribution in [0.15, 0.2) is 24.3 Å². The molecule has 1 heterocycles. The van der Waals surface area contributed by atoms with Gasteiger partial charge in [0.05, 0.1) is 12.6 Å². The van der Waals surface area contributed by atoms with Crippen LogP contribution in [0.1, 0.15) is 27.8 Å². The molecule has 0 saturated carbocycles. The summed E-state index contributed by atoms with van der Waals surface area (Å²) in [5.41, 5.74) is 0.546. The molecule has 2 atom stereocenters. The highest BCUT2D eigenvalue weighted by Gasteiger charge is 2.44. The van der Waals surface area contributed by atoms with E-state index in [0.29, 0.717) is 17.2 Å². The molecule has 1 aromatic rings. The monoisotopic (exact) mass is 293 g/mol. The Morgan fingerprint density at radius 2 is 2.17 bits per heavy atom. The molecule has 2 rings (SSSR count). The number of nitrogens with one attached hydrogen (secondary N) is 1. The van der Waals surface area contributed by atoms with Gasteiger partial charge in [0.1, 0.15) is 0 Å². The van der Waals surface area contributed by atoms with E-state index in [1.54, 1.807) is 12.1 Å². The van der Waals surface area contributed by atoms with E-state index in [4.69, 9.17) is 16.3 Å². The molecule has 1 aliphatic rings. The number of aliphatic hydroxyl groups is 1. The molecule has 0 amide bonds. The van der Waals surface area contributed by atoms with E-state index in [0.717, 1.165) is 0 Å². The number of benzene rings is 1. The van der Waals surface area contributed by atoms with Gasteiger partial charge in [-0.2, -0.15) is 0 Å². The highest BCUT2D eigenvalue weighted by Crippen LogP contribution is 2.33. The van der Waals surface area contributed by atoms with Crippen LogP contribution in [0.2, 0.25) is 5.02 Å². The zero-order valence-corrected chi connectivity index (χ0v) is 12.3. The van der Waals surface area contributed by atoms with Crippen molar-refractivity contribution < 1.29 is 11.3 Å². The first kappa shape index (κ1) is 15.7. The van der Waals surface area contributed by atoms with Crippen molar-refractivity contribution in [3.8, 4) is 0 Å². The highest BCUT2D eigenvalue weighted by molar-refractivity contribution is 6.30. The lowest BCUT2D eigenvalue weighted by atomic mass is 9.93. The van der Waals surface area contributed by atoms with Crippen molar-refractivity contribution in [1.29, 1.82) is 0 Å². The van der Waals surface area contributed by atoms with Crippen LogP contribution in [0, 0.1) is 0 Å². The van der Waals surface area contributed by atoms with Crippen LogP contribution >= 0.6 is 24.0 Å². The smallest absolute Gasteiger partial charge is 0.208 e. The SMILES string of the molecule is CC1NC(C)(C)COC1(O)c1cccc(Cl)c1.Cl.[HH]. The van der Waals surface area contributed by atoms with Gasteiger partial charge < -0.3 is 15.2 Å². The van der Waals surface area contributed by atoms with E-state index in [1.165, 1.54) is 0 Å². The Morgan fingerprint density at radius 1 is 1.50 bits per heavy atom. The van der Waals surface area contributed by atoms with Gasteiger partial charge in [-0.15, -0.1) is 12.4 Å². The summed E-state index contributed by atoms with van der Waals surface area (Å²) in [7, 11) is 0. The average Bonchev–Trinajstić information content (AvgIpc) is 2.24. The van der Waals surface area contributed by atoms with Crippen molar-refractivity contribution in [3.63, 3.8) is 0 Å². The maximum absolute atomic E-state index is 10.6. The summed E-state index contributed by atoms with van der Waals surface area (Å²) in [5, 5.41) is 14.6. The van der Waals surface area contributed by atoms with Crippen molar-refractivity contribution in [2.75, 3.05) is 6.61 Å². The summed E-state index contributed by atoms with van der Waals surface area (Å²) in [6, 6.07) is 6.94. The molecule has 1 aromatic carbocycles. The van der Waals surface area contributed by atoms with Gasteiger partial charge in [-0.05, 0) is 32.9 Å². The van der Waals surface area contributed by atoms with Crippen molar-refractivity contribution in [2.45, 2.75) is 38.1 Å². The maximum Gasteiger partial charge on any atom is 0.208 e. The van der Waals surface area contributed by atoms with Crippen molar-refractivity contribution >= 4 is 24.0 Å². The highest BCUT2D eigenvalue weighted by atomic mass is 35.5. The van der Waals surface area contributed by atoms with Gasteiger partial charge in [-0.3, -0.25) is 0 Å². The molecule has 3 nitrogen and oxygen atoms in total. The average molecular weight is 294 g/mol. The Balaban J connectivity index is 0.00000162. The second-order valence-corrected chi connectivity index (χ2v) is 5.68. The van der Waals surface area contributed by atoms with Gasteiger partial charge in [-0.1, -0.05) is 23.7 Å². The van der Waals surface area contributed by atoms with Gasteiger partial charge in [0.15, 0.2) is 0 Å². The van der Waals surface area contributed by atoms with Gasteiger partial charge in [0, 0.05) is 17.6 Å². The molecule has 1 fully saturated rings. The third kappa shape index (κ3) is 2.98. The largest absolute Gasteiger partial charge is 0.361 e. The molecule has 18 heavy (non-hydrogen) atoms. The summed E-state index contributed by atoms with van der Waals surface area (Å²) in [6.45, 7) is 6.43. The fourth-order valence-electron chi connectivity index (χ4n) is 2.19. The second-order valence-electron chi connectivity index (χ2n) is 5.25. The van der Waals surface area contributed by atoms with E-state index in [-0.39, 0.29) is 25.4 Å². The van der Waals surface area contributed by atoms with Gasteiger partial charge in [0.25, 0.3) is 0 Å². The van der Waals surface area contributed by atoms with Crippen LogP contribution in [0.3, 0.4) is 0 Å². The summed E-state index contributed by atoms with van der Waals surface area (Å²) in [6.07, 6.45) is 0. The summed E-state index contributed by atoms with van der Waals surface area (Å²) < 4.78 is 5.67. The lowest BCUT2D eigenvalue weighted by Crippen LogP contribution is -2.63. The predicted molar refractivity (Wildman–Crippen MR) is 77.3 cm³/mol. The van der Waals surface area contributed by atoms with Gasteiger partial charge >= 0.3 is 0 Å². The molecule has 0 bridgehead atoms. The van der Waals surface area contributed by atoms with Crippen LogP contribution in [0.4, 0.5) is 0 Å². The zero-order valence-electron chi connectivity index (χ0n) is 10.7. The predicted octanol–water partition coefficient (Wildman–Crippen LogP) is 2.94. The normalized spacial score (nSPS) is 30.6. The van der Waals surface area contributed by atoms with E-state index >= 15 is 0 Å². The Hall–Kier alpha value is -0.320. The lowest BCUT2D eigenvalue weighted by Gasteiger charge is -2.46. The van der Waals surface area contributed by atoms with E-state index < -0.39 is 5.79 Å². The van der Waals surface area contributed by atoms with Crippen LogP contribution in [-0.2, 0) is 10.5 Å². The molecule has 1 aliphatic heterocycles. The van der Waals surface area contributed by atoms with Crippen LogP contribution in [-0.4, -0.2) is 23.3 Å². The first-order chi connectivity index (χ1) is 7.83. The van der Waals surface area contributed by atoms with Crippen LogP contribution in [0.25, 0.3) is 0 Å². The van der Waals surface area contributed by atoms with E-state index in [1.807, 2.05) is 32.9 Å². The quantitative estimate of drug-likeness (QED) is 0.836. The molecular weight excluding hydrogens is 273 g/mol. The minimum Gasteiger partial charge on any atom is -0.361 e. The number of halogens is 2. The second kappa shape index (κ2) is 5.35. The topological polar surface area (TPSA) is 41.5 Å². The Kier molecular flexibility index (Phi) is 4.68. The van der Waals surface area contributed by atoms with Crippen molar-refractivity contribution in [1.82, 2.24) is 5.32 Å². The molecule has 1 saturated heterocycles. The first-order valence-electron chi connectivity index (χ1n) is 5.74. The van der Waals surface area contributed by atoms with Crippen LogP contribution < -0.4 is 5.32 Å². The standard InChI is InChI=1S/C13H18ClNO2.ClH.H2/c1-9-13(16,17-8-12(2,3)15-9)10-5-4-6-11(14)7-10;;/h4-7,9,15-16H,8H2,1-3H3;2*1H. The van der Waals surface area contributed by atoms with Gasteiger partial charge in [0.2, 0.25) is 5.79 Å². The molecular formula is C13H21Cl2NO2. The molecule has 0 radical (unpaired) electrons. The first-order valence-corrected chi connectivity index (χ1v) is 6.11. The number of ether oxygens (including phenoxy) is 1. The molecule has 0 spiro atoms. The molecule has 5 heteroatoms. The number of morpholine rings is 1. The Labute approximate surface area is 120 Å². The minimum absolute atomic E-state index is 0. The van der Waals surface area contributed by atoms with Crippen molar-refractivity contribution in [2.24, 2.45) is 0 Å². The fraction of sp³-hybridized carbons (Fsp3) is 0.538. The summed E-state index contributed by atoms with van der Waals surface area (Å²) >= 11 is 5.94. The minimum atomic E-state index is -1.32. The number of hydrogen-bond acceptors (Lipinski definition) is 3. The third-order valence-corrected chi connectivity index (χ3v) is 3.32. The zero-order chi connectivity index (χ0) is 12.7. The third-order valence-electron chi connectivity index (χ3n) is 3.09. The number of hydrogen-bond donors (Lipinski definition) is 2. The molecule has 0 aliphatic carbocycles. The molecule has 0 aromatic heterocycles. The van der Waals surface area contributed by atoms with E-state index in [9.17, 15) is 5.11 Å². The van der Waals surface area contributed by atoms with Crippen LogP contribution in [0.5, 0.6) is 0 Å². The number of rotatable bonds is 1.